The average Bonchev–Trinajstić information content (AvgIpc) is 2.79. The van der Waals surface area contributed by atoms with Gasteiger partial charge in [-0.3, -0.25) is 9.59 Å². The SMILES string of the molecule is CC(C)CCNC(=O)C(C)Oc1ccc2c(c1)CCC2=O. The van der Waals surface area contributed by atoms with E-state index in [1.54, 1.807) is 19.1 Å². The third-order valence-electron chi connectivity index (χ3n) is 3.70. The first-order valence-corrected chi connectivity index (χ1v) is 7.58. The normalized spacial score (nSPS) is 15.0. The number of hydrogen-bond acceptors (Lipinski definition) is 3. The number of nitrogens with one attached hydrogen (secondary N) is 1. The molecule has 2 rings (SSSR count). The van der Waals surface area contributed by atoms with E-state index in [-0.39, 0.29) is 11.7 Å². The van der Waals surface area contributed by atoms with E-state index in [1.807, 2.05) is 6.07 Å². The summed E-state index contributed by atoms with van der Waals surface area (Å²) in [6.45, 7) is 6.65. The molecule has 114 valence electrons. The summed E-state index contributed by atoms with van der Waals surface area (Å²) in [7, 11) is 0. The van der Waals surface area contributed by atoms with E-state index in [4.69, 9.17) is 4.74 Å². The van der Waals surface area contributed by atoms with Crippen molar-refractivity contribution in [2.24, 2.45) is 5.92 Å². The van der Waals surface area contributed by atoms with E-state index in [0.717, 1.165) is 24.0 Å². The monoisotopic (exact) mass is 289 g/mol. The van der Waals surface area contributed by atoms with E-state index in [1.165, 1.54) is 0 Å². The highest BCUT2D eigenvalue weighted by Crippen LogP contribution is 2.26. The maximum Gasteiger partial charge on any atom is 0.260 e. The standard InChI is InChI=1S/C17H23NO3/c1-11(2)8-9-18-17(20)12(3)21-14-5-6-15-13(10-14)4-7-16(15)19/h5-6,10-12H,4,7-9H2,1-3H3,(H,18,20). The van der Waals surface area contributed by atoms with Crippen molar-refractivity contribution in [1.82, 2.24) is 5.32 Å². The Bertz CT molecular complexity index is 537. The fourth-order valence-corrected chi connectivity index (χ4v) is 2.39. The van der Waals surface area contributed by atoms with Crippen molar-refractivity contribution < 1.29 is 14.3 Å². The molecule has 1 aromatic rings. The van der Waals surface area contributed by atoms with Crippen LogP contribution in [0.15, 0.2) is 18.2 Å². The number of fused-ring (bicyclic) bond motifs is 1. The van der Waals surface area contributed by atoms with E-state index < -0.39 is 6.10 Å². The van der Waals surface area contributed by atoms with Crippen molar-refractivity contribution >= 4 is 11.7 Å². The van der Waals surface area contributed by atoms with Crippen LogP contribution in [0, 0.1) is 5.92 Å². The first kappa shape index (κ1) is 15.5. The fraction of sp³-hybridized carbons (Fsp3) is 0.529. The van der Waals surface area contributed by atoms with Gasteiger partial charge in [0.2, 0.25) is 0 Å². The quantitative estimate of drug-likeness (QED) is 0.876. The predicted molar refractivity (Wildman–Crippen MR) is 81.6 cm³/mol. The second-order valence-corrected chi connectivity index (χ2v) is 5.98. The Hall–Kier alpha value is -1.84. The van der Waals surface area contributed by atoms with Crippen molar-refractivity contribution in [1.29, 1.82) is 0 Å². The molecule has 0 aliphatic heterocycles. The summed E-state index contributed by atoms with van der Waals surface area (Å²) in [6.07, 6.45) is 1.76. The first-order valence-electron chi connectivity index (χ1n) is 7.58. The maximum absolute atomic E-state index is 11.9. The molecule has 1 unspecified atom stereocenters. The van der Waals surface area contributed by atoms with Crippen LogP contribution in [0.25, 0.3) is 0 Å². The molecule has 0 heterocycles. The van der Waals surface area contributed by atoms with Crippen molar-refractivity contribution in [2.75, 3.05) is 6.54 Å². The number of benzene rings is 1. The van der Waals surface area contributed by atoms with Gasteiger partial charge < -0.3 is 10.1 Å². The number of carbonyl (C=O) groups excluding carboxylic acids is 2. The Labute approximate surface area is 125 Å². The van der Waals surface area contributed by atoms with Crippen molar-refractivity contribution in [3.63, 3.8) is 0 Å². The summed E-state index contributed by atoms with van der Waals surface area (Å²) in [5.41, 5.74) is 1.81. The van der Waals surface area contributed by atoms with Crippen molar-refractivity contribution in [3.8, 4) is 5.75 Å². The van der Waals surface area contributed by atoms with E-state index >= 15 is 0 Å². The van der Waals surface area contributed by atoms with Crippen LogP contribution >= 0.6 is 0 Å². The van der Waals surface area contributed by atoms with Gasteiger partial charge in [0.15, 0.2) is 11.9 Å². The molecule has 1 aliphatic rings. The summed E-state index contributed by atoms with van der Waals surface area (Å²) in [5, 5.41) is 2.88. The lowest BCUT2D eigenvalue weighted by Crippen LogP contribution is -2.37. The number of carbonyl (C=O) groups is 2. The van der Waals surface area contributed by atoms with Gasteiger partial charge in [-0.25, -0.2) is 0 Å². The summed E-state index contributed by atoms with van der Waals surface area (Å²) < 4.78 is 5.67. The number of ketones is 1. The highest BCUT2D eigenvalue weighted by Gasteiger charge is 2.21. The summed E-state index contributed by atoms with van der Waals surface area (Å²) >= 11 is 0. The molecule has 0 spiro atoms. The van der Waals surface area contributed by atoms with Crippen LogP contribution in [0.5, 0.6) is 5.75 Å². The number of Topliss-reactive ketones (excluding diaryl/α,β-unsaturated/α-hetero) is 1. The van der Waals surface area contributed by atoms with Gasteiger partial charge in [-0.05, 0) is 49.4 Å². The molecule has 1 aromatic carbocycles. The zero-order chi connectivity index (χ0) is 15.4. The van der Waals surface area contributed by atoms with Gasteiger partial charge >= 0.3 is 0 Å². The van der Waals surface area contributed by atoms with E-state index in [9.17, 15) is 9.59 Å². The summed E-state index contributed by atoms with van der Waals surface area (Å²) in [4.78, 5) is 23.5. The Morgan fingerprint density at radius 1 is 1.29 bits per heavy atom. The molecule has 0 saturated heterocycles. The predicted octanol–water partition coefficient (Wildman–Crippen LogP) is 2.75. The zero-order valence-electron chi connectivity index (χ0n) is 12.9. The van der Waals surface area contributed by atoms with Crippen LogP contribution in [-0.4, -0.2) is 24.3 Å². The number of aryl methyl sites for hydroxylation is 1. The van der Waals surface area contributed by atoms with Gasteiger partial charge in [0.1, 0.15) is 5.75 Å². The molecule has 1 N–H and O–H groups in total. The Balaban J connectivity index is 1.89. The van der Waals surface area contributed by atoms with E-state index in [2.05, 4.69) is 19.2 Å². The minimum Gasteiger partial charge on any atom is -0.481 e. The summed E-state index contributed by atoms with van der Waals surface area (Å²) in [6, 6.07) is 5.43. The Morgan fingerprint density at radius 2 is 2.05 bits per heavy atom. The number of ether oxygens (including phenoxy) is 1. The molecule has 0 fully saturated rings. The number of rotatable bonds is 6. The van der Waals surface area contributed by atoms with Crippen molar-refractivity contribution in [3.05, 3.63) is 29.3 Å². The Morgan fingerprint density at radius 3 is 2.76 bits per heavy atom. The van der Waals surface area contributed by atoms with Crippen molar-refractivity contribution in [2.45, 2.75) is 46.1 Å². The fourth-order valence-electron chi connectivity index (χ4n) is 2.39. The van der Waals surface area contributed by atoms with Crippen LogP contribution in [0.4, 0.5) is 0 Å². The number of amides is 1. The van der Waals surface area contributed by atoms with Crippen LogP contribution in [-0.2, 0) is 11.2 Å². The minimum atomic E-state index is -0.535. The van der Waals surface area contributed by atoms with Gasteiger partial charge in [0.05, 0.1) is 0 Å². The number of hydrogen-bond donors (Lipinski definition) is 1. The molecule has 1 amide bonds. The molecule has 4 nitrogen and oxygen atoms in total. The lowest BCUT2D eigenvalue weighted by Gasteiger charge is -2.15. The van der Waals surface area contributed by atoms with Gasteiger partial charge in [-0.2, -0.15) is 0 Å². The molecule has 0 bridgehead atoms. The summed E-state index contributed by atoms with van der Waals surface area (Å²) in [5.74, 6) is 1.30. The molecule has 0 aromatic heterocycles. The molecule has 0 saturated carbocycles. The van der Waals surface area contributed by atoms with Crippen LogP contribution in [0.2, 0.25) is 0 Å². The molecule has 1 atom stereocenters. The lowest BCUT2D eigenvalue weighted by atomic mass is 10.1. The second kappa shape index (κ2) is 6.74. The third-order valence-corrected chi connectivity index (χ3v) is 3.70. The molecule has 0 radical (unpaired) electrons. The largest absolute Gasteiger partial charge is 0.481 e. The topological polar surface area (TPSA) is 55.4 Å². The van der Waals surface area contributed by atoms with Crippen LogP contribution in [0.3, 0.4) is 0 Å². The molecule has 1 aliphatic carbocycles. The van der Waals surface area contributed by atoms with Crippen LogP contribution in [0.1, 0.15) is 49.5 Å². The van der Waals surface area contributed by atoms with Gasteiger partial charge in [-0.15, -0.1) is 0 Å². The lowest BCUT2D eigenvalue weighted by molar-refractivity contribution is -0.127. The molecule has 4 heteroatoms. The molecule has 21 heavy (non-hydrogen) atoms. The highest BCUT2D eigenvalue weighted by atomic mass is 16.5. The van der Waals surface area contributed by atoms with Crippen LogP contribution < -0.4 is 10.1 Å². The van der Waals surface area contributed by atoms with Gasteiger partial charge in [0, 0.05) is 18.5 Å². The molecular formula is C17H23NO3. The maximum atomic E-state index is 11.9. The minimum absolute atomic E-state index is 0.104. The average molecular weight is 289 g/mol. The van der Waals surface area contributed by atoms with Gasteiger partial charge in [-0.1, -0.05) is 13.8 Å². The third kappa shape index (κ3) is 4.06. The zero-order valence-corrected chi connectivity index (χ0v) is 12.9. The first-order chi connectivity index (χ1) is 9.97. The van der Waals surface area contributed by atoms with Gasteiger partial charge in [0.25, 0.3) is 5.91 Å². The smallest absolute Gasteiger partial charge is 0.260 e. The Kier molecular flexibility index (Phi) is 4.99. The highest BCUT2D eigenvalue weighted by molar-refractivity contribution is 6.00. The van der Waals surface area contributed by atoms with E-state index in [0.29, 0.717) is 24.6 Å². The second-order valence-electron chi connectivity index (χ2n) is 5.98. The molecular weight excluding hydrogens is 266 g/mol.